The highest BCUT2D eigenvalue weighted by atomic mass is 16.2. The van der Waals surface area contributed by atoms with Crippen LogP contribution in [-0.4, -0.2) is 11.6 Å². The number of rotatable bonds is 2. The lowest BCUT2D eigenvalue weighted by atomic mass is 9.96. The molecular weight excluding hydrogens is 236 g/mol. The lowest BCUT2D eigenvalue weighted by molar-refractivity contribution is 0.0907. The largest absolute Gasteiger partial charge is 0.362 e. The summed E-state index contributed by atoms with van der Waals surface area (Å²) in [7, 11) is 0. The van der Waals surface area contributed by atoms with E-state index in [1.165, 1.54) is 5.56 Å². The summed E-state index contributed by atoms with van der Waals surface area (Å²) in [5.41, 5.74) is 2.34. The fourth-order valence-corrected chi connectivity index (χ4v) is 2.53. The highest BCUT2D eigenvalue weighted by Gasteiger charge is 2.32. The maximum atomic E-state index is 12.1. The number of hydrogen-bond donors (Lipinski definition) is 2. The molecule has 2 aromatic rings. The predicted octanol–water partition coefficient (Wildman–Crippen LogP) is 2.80. The number of carbonyl (C=O) groups is 1. The number of hydrogen-bond acceptors (Lipinski definition) is 2. The van der Waals surface area contributed by atoms with Gasteiger partial charge in [-0.2, -0.15) is 0 Å². The summed E-state index contributed by atoms with van der Waals surface area (Å²) in [6, 6.07) is 17.7. The van der Waals surface area contributed by atoms with Gasteiger partial charge in [-0.3, -0.25) is 4.79 Å². The van der Waals surface area contributed by atoms with E-state index in [0.717, 1.165) is 12.1 Å². The quantitative estimate of drug-likeness (QED) is 0.863. The number of nitrogens with one attached hydrogen (secondary N) is 2. The second kappa shape index (κ2) is 4.43. The van der Waals surface area contributed by atoms with E-state index in [-0.39, 0.29) is 5.91 Å². The Kier molecular flexibility index (Phi) is 2.75. The molecule has 0 fully saturated rings. The molecule has 1 amide bonds. The van der Waals surface area contributed by atoms with Crippen LogP contribution in [0.5, 0.6) is 0 Å². The Bertz CT molecular complexity index is 609. The van der Waals surface area contributed by atoms with Gasteiger partial charge in [-0.25, -0.2) is 0 Å². The maximum absolute atomic E-state index is 12.1. The van der Waals surface area contributed by atoms with E-state index in [9.17, 15) is 4.79 Å². The molecule has 3 nitrogen and oxygen atoms in total. The van der Waals surface area contributed by atoms with Gasteiger partial charge >= 0.3 is 0 Å². The molecule has 2 aromatic carbocycles. The normalized spacial score (nSPS) is 21.2. The van der Waals surface area contributed by atoms with Crippen molar-refractivity contribution in [1.29, 1.82) is 0 Å². The van der Waals surface area contributed by atoms with Crippen molar-refractivity contribution in [2.24, 2.45) is 0 Å². The predicted molar refractivity (Wildman–Crippen MR) is 76.1 cm³/mol. The molecule has 96 valence electrons. The zero-order chi connectivity index (χ0) is 13.3. The van der Waals surface area contributed by atoms with Crippen molar-refractivity contribution >= 4 is 11.6 Å². The Morgan fingerprint density at radius 2 is 1.63 bits per heavy atom. The highest BCUT2D eigenvalue weighted by Crippen LogP contribution is 2.26. The van der Waals surface area contributed by atoms with E-state index < -0.39 is 5.66 Å². The van der Waals surface area contributed by atoms with E-state index in [4.69, 9.17) is 0 Å². The van der Waals surface area contributed by atoms with Crippen molar-refractivity contribution in [1.82, 2.24) is 5.32 Å². The summed E-state index contributed by atoms with van der Waals surface area (Å²) in [6.45, 7) is 2.01. The van der Waals surface area contributed by atoms with Crippen molar-refractivity contribution < 1.29 is 4.79 Å². The molecule has 19 heavy (non-hydrogen) atoms. The molecule has 0 saturated heterocycles. The molecular formula is C16H16N2O. The van der Waals surface area contributed by atoms with Gasteiger partial charge in [0.2, 0.25) is 0 Å². The molecule has 3 rings (SSSR count). The van der Waals surface area contributed by atoms with Crippen LogP contribution in [-0.2, 0) is 6.42 Å². The summed E-state index contributed by atoms with van der Waals surface area (Å²) < 4.78 is 0. The van der Waals surface area contributed by atoms with Crippen LogP contribution in [0.1, 0.15) is 22.8 Å². The van der Waals surface area contributed by atoms with E-state index >= 15 is 0 Å². The molecule has 1 heterocycles. The van der Waals surface area contributed by atoms with Crippen molar-refractivity contribution in [2.75, 3.05) is 5.32 Å². The smallest absolute Gasteiger partial charge is 0.255 e. The topological polar surface area (TPSA) is 41.1 Å². The van der Waals surface area contributed by atoms with E-state index in [1.54, 1.807) is 0 Å². The van der Waals surface area contributed by atoms with Crippen LogP contribution in [0, 0.1) is 0 Å². The number of anilines is 1. The number of fused-ring (bicyclic) bond motifs is 1. The van der Waals surface area contributed by atoms with Crippen LogP contribution in [0.25, 0.3) is 0 Å². The molecule has 2 N–H and O–H groups in total. The first-order valence-electron chi connectivity index (χ1n) is 6.40. The monoisotopic (exact) mass is 252 g/mol. The van der Waals surface area contributed by atoms with Gasteiger partial charge in [-0.15, -0.1) is 0 Å². The fraction of sp³-hybridized carbons (Fsp3) is 0.188. The molecule has 0 aromatic heterocycles. The Labute approximate surface area is 112 Å². The van der Waals surface area contributed by atoms with Gasteiger partial charge in [0.1, 0.15) is 5.66 Å². The number of benzene rings is 2. The van der Waals surface area contributed by atoms with Crippen molar-refractivity contribution in [3.8, 4) is 0 Å². The third-order valence-electron chi connectivity index (χ3n) is 3.37. The van der Waals surface area contributed by atoms with Gasteiger partial charge in [0.25, 0.3) is 5.91 Å². The zero-order valence-corrected chi connectivity index (χ0v) is 10.8. The van der Waals surface area contributed by atoms with Crippen molar-refractivity contribution in [3.05, 3.63) is 65.7 Å². The van der Waals surface area contributed by atoms with Crippen LogP contribution in [0.3, 0.4) is 0 Å². The van der Waals surface area contributed by atoms with Crippen LogP contribution in [0.2, 0.25) is 0 Å². The first-order valence-corrected chi connectivity index (χ1v) is 6.40. The minimum absolute atomic E-state index is 0.0206. The number of amides is 1. The molecule has 0 aliphatic carbocycles. The van der Waals surface area contributed by atoms with Gasteiger partial charge in [0, 0.05) is 12.1 Å². The Balaban J connectivity index is 1.89. The molecule has 0 radical (unpaired) electrons. The average Bonchev–Trinajstić information content (AvgIpc) is 2.39. The molecule has 1 atom stereocenters. The molecule has 0 unspecified atom stereocenters. The van der Waals surface area contributed by atoms with E-state index in [1.807, 2.05) is 49.4 Å². The average molecular weight is 252 g/mol. The SMILES string of the molecule is C[C@@]1(Cc2ccccc2)NC(=O)c2ccccc2N1. The van der Waals surface area contributed by atoms with Crippen molar-refractivity contribution in [3.63, 3.8) is 0 Å². The molecule has 1 aliphatic rings. The minimum Gasteiger partial charge on any atom is -0.362 e. The number of carbonyl (C=O) groups excluding carboxylic acids is 1. The van der Waals surface area contributed by atoms with Crippen LogP contribution >= 0.6 is 0 Å². The van der Waals surface area contributed by atoms with Gasteiger partial charge in [-0.1, -0.05) is 42.5 Å². The van der Waals surface area contributed by atoms with Crippen LogP contribution < -0.4 is 10.6 Å². The third kappa shape index (κ3) is 2.32. The Morgan fingerprint density at radius 1 is 0.947 bits per heavy atom. The van der Waals surface area contributed by atoms with E-state index in [2.05, 4.69) is 22.8 Å². The van der Waals surface area contributed by atoms with Crippen molar-refractivity contribution in [2.45, 2.75) is 19.0 Å². The Morgan fingerprint density at radius 3 is 2.42 bits per heavy atom. The number of para-hydroxylation sites is 1. The molecule has 0 bridgehead atoms. The van der Waals surface area contributed by atoms with Crippen LogP contribution in [0.15, 0.2) is 54.6 Å². The summed E-state index contributed by atoms with van der Waals surface area (Å²) in [6.07, 6.45) is 0.744. The van der Waals surface area contributed by atoms with Gasteiger partial charge in [-0.05, 0) is 24.6 Å². The fourth-order valence-electron chi connectivity index (χ4n) is 2.53. The minimum atomic E-state index is -0.452. The van der Waals surface area contributed by atoms with E-state index in [0.29, 0.717) is 5.56 Å². The summed E-state index contributed by atoms with van der Waals surface area (Å²) in [4.78, 5) is 12.1. The third-order valence-corrected chi connectivity index (χ3v) is 3.37. The first kappa shape index (κ1) is 11.8. The molecule has 0 saturated carbocycles. The summed E-state index contributed by atoms with van der Waals surface area (Å²) in [5, 5.41) is 6.47. The summed E-state index contributed by atoms with van der Waals surface area (Å²) >= 11 is 0. The lowest BCUT2D eigenvalue weighted by Gasteiger charge is -2.37. The molecule has 0 spiro atoms. The first-order chi connectivity index (χ1) is 9.16. The molecule has 1 aliphatic heterocycles. The standard InChI is InChI=1S/C16H16N2O/c1-16(11-12-7-3-2-4-8-12)17-14-10-6-5-9-13(14)15(19)18-16/h2-10,17H,11H2,1H3,(H,18,19)/t16-/m0/s1. The molecule has 3 heteroatoms. The zero-order valence-electron chi connectivity index (χ0n) is 10.8. The summed E-state index contributed by atoms with van der Waals surface area (Å²) in [5.74, 6) is -0.0206. The Hall–Kier alpha value is -2.29. The highest BCUT2D eigenvalue weighted by molar-refractivity contribution is 6.02. The van der Waals surface area contributed by atoms with Gasteiger partial charge < -0.3 is 10.6 Å². The second-order valence-electron chi connectivity index (χ2n) is 5.12. The van der Waals surface area contributed by atoms with Gasteiger partial charge in [0.15, 0.2) is 0 Å². The van der Waals surface area contributed by atoms with Gasteiger partial charge in [0.05, 0.1) is 5.56 Å². The maximum Gasteiger partial charge on any atom is 0.255 e. The second-order valence-corrected chi connectivity index (χ2v) is 5.12. The van der Waals surface area contributed by atoms with Crippen LogP contribution in [0.4, 0.5) is 5.69 Å². The lowest BCUT2D eigenvalue weighted by Crippen LogP contribution is -2.56.